The first-order chi connectivity index (χ1) is 8.82. The third-order valence-corrected chi connectivity index (χ3v) is 2.81. The highest BCUT2D eigenvalue weighted by atomic mass is 16.4. The summed E-state index contributed by atoms with van der Waals surface area (Å²) in [5.74, 6) is -3.27. The van der Waals surface area contributed by atoms with E-state index in [2.05, 4.69) is 0 Å². The molecule has 0 saturated heterocycles. The number of aryl methyl sites for hydroxylation is 1. The molecule has 0 unspecified atom stereocenters. The summed E-state index contributed by atoms with van der Waals surface area (Å²) in [5.41, 5.74) is -0.981. The summed E-state index contributed by atoms with van der Waals surface area (Å²) in [7, 11) is 0. The molecule has 6 heteroatoms. The third kappa shape index (κ3) is 1.93. The molecule has 0 bridgehead atoms. The number of hydrogen-bond acceptors (Lipinski definition) is 5. The van der Waals surface area contributed by atoms with Crippen LogP contribution in [-0.4, -0.2) is 26.4 Å². The van der Waals surface area contributed by atoms with Crippen molar-refractivity contribution in [2.24, 2.45) is 0 Å². The lowest BCUT2D eigenvalue weighted by atomic mass is 10.1. The number of phenols is 2. The SMILES string of the molecule is Cc1cc2cc(C(=O)O)cc(=O)c(O)c2c(O)c1O. The first-order valence-corrected chi connectivity index (χ1v) is 5.28. The highest BCUT2D eigenvalue weighted by Crippen LogP contribution is 2.39. The van der Waals surface area contributed by atoms with Gasteiger partial charge in [-0.15, -0.1) is 0 Å². The van der Waals surface area contributed by atoms with Crippen LogP contribution in [0.2, 0.25) is 0 Å². The summed E-state index contributed by atoms with van der Waals surface area (Å²) in [4.78, 5) is 22.6. The second-order valence-electron chi connectivity index (χ2n) is 4.12. The molecule has 0 heterocycles. The van der Waals surface area contributed by atoms with Crippen LogP contribution in [0.1, 0.15) is 15.9 Å². The van der Waals surface area contributed by atoms with Crippen molar-refractivity contribution in [3.05, 3.63) is 39.5 Å². The van der Waals surface area contributed by atoms with Crippen molar-refractivity contribution in [3.63, 3.8) is 0 Å². The van der Waals surface area contributed by atoms with Crippen LogP contribution in [-0.2, 0) is 0 Å². The van der Waals surface area contributed by atoms with E-state index in [0.29, 0.717) is 5.56 Å². The van der Waals surface area contributed by atoms with Gasteiger partial charge in [0.15, 0.2) is 17.2 Å². The van der Waals surface area contributed by atoms with E-state index >= 15 is 0 Å². The molecule has 6 nitrogen and oxygen atoms in total. The Morgan fingerprint density at radius 3 is 2.21 bits per heavy atom. The van der Waals surface area contributed by atoms with Crippen LogP contribution in [0, 0.1) is 6.92 Å². The Kier molecular flexibility index (Phi) is 2.78. The predicted octanol–water partition coefficient (Wildman–Crippen LogP) is 1.32. The number of hydrogen-bond donors (Lipinski definition) is 4. The van der Waals surface area contributed by atoms with E-state index in [4.69, 9.17) is 5.11 Å². The van der Waals surface area contributed by atoms with E-state index in [-0.39, 0.29) is 16.3 Å². The molecule has 4 N–H and O–H groups in total. The van der Waals surface area contributed by atoms with Crippen LogP contribution in [0.15, 0.2) is 23.0 Å². The van der Waals surface area contributed by atoms with E-state index in [0.717, 1.165) is 12.1 Å². The number of phenolic OH excluding ortho intramolecular Hbond substituents is 2. The Morgan fingerprint density at radius 1 is 1.00 bits per heavy atom. The molecule has 0 aliphatic heterocycles. The molecule has 0 atom stereocenters. The van der Waals surface area contributed by atoms with Gasteiger partial charge in [-0.05, 0) is 30.0 Å². The maximum absolute atomic E-state index is 11.6. The second-order valence-corrected chi connectivity index (χ2v) is 4.12. The van der Waals surface area contributed by atoms with Crippen molar-refractivity contribution in [3.8, 4) is 17.2 Å². The summed E-state index contributed by atoms with van der Waals surface area (Å²) in [6.07, 6.45) is 0. The van der Waals surface area contributed by atoms with E-state index in [1.807, 2.05) is 0 Å². The van der Waals surface area contributed by atoms with E-state index in [1.165, 1.54) is 13.0 Å². The van der Waals surface area contributed by atoms with Gasteiger partial charge < -0.3 is 20.4 Å². The van der Waals surface area contributed by atoms with Crippen LogP contribution >= 0.6 is 0 Å². The number of aromatic hydroxyl groups is 3. The van der Waals surface area contributed by atoms with Crippen LogP contribution < -0.4 is 5.43 Å². The minimum atomic E-state index is -1.33. The van der Waals surface area contributed by atoms with Crippen molar-refractivity contribution in [2.75, 3.05) is 0 Å². The first-order valence-electron chi connectivity index (χ1n) is 5.28. The predicted molar refractivity (Wildman–Crippen MR) is 66.9 cm³/mol. The topological polar surface area (TPSA) is 115 Å². The zero-order valence-electron chi connectivity index (χ0n) is 9.84. The lowest BCUT2D eigenvalue weighted by Gasteiger charge is -2.05. The van der Waals surface area contributed by atoms with E-state index < -0.39 is 28.6 Å². The number of carboxylic acids is 1. The van der Waals surface area contributed by atoms with Crippen molar-refractivity contribution in [2.45, 2.75) is 6.92 Å². The van der Waals surface area contributed by atoms with Gasteiger partial charge in [0.1, 0.15) is 0 Å². The Balaban J connectivity index is 3.12. The van der Waals surface area contributed by atoms with Crippen LogP contribution in [0.25, 0.3) is 10.8 Å². The van der Waals surface area contributed by atoms with Gasteiger partial charge in [-0.1, -0.05) is 0 Å². The maximum Gasteiger partial charge on any atom is 0.335 e. The molecule has 0 aromatic heterocycles. The zero-order chi connectivity index (χ0) is 14.3. The molecule has 0 aliphatic rings. The quantitative estimate of drug-likeness (QED) is 0.576. The van der Waals surface area contributed by atoms with Gasteiger partial charge in [-0.25, -0.2) is 4.79 Å². The van der Waals surface area contributed by atoms with Crippen LogP contribution in [0.4, 0.5) is 0 Å². The van der Waals surface area contributed by atoms with Gasteiger partial charge in [0.25, 0.3) is 0 Å². The molecule has 0 fully saturated rings. The summed E-state index contributed by atoms with van der Waals surface area (Å²) < 4.78 is 0. The van der Waals surface area contributed by atoms with Crippen molar-refractivity contribution in [1.29, 1.82) is 0 Å². The third-order valence-electron chi connectivity index (χ3n) is 2.81. The van der Waals surface area contributed by atoms with Gasteiger partial charge in [-0.3, -0.25) is 4.79 Å². The molecule has 0 radical (unpaired) electrons. The molecule has 98 valence electrons. The van der Waals surface area contributed by atoms with Crippen molar-refractivity contribution >= 4 is 16.7 Å². The van der Waals surface area contributed by atoms with E-state index in [9.17, 15) is 24.9 Å². The van der Waals surface area contributed by atoms with Gasteiger partial charge in [-0.2, -0.15) is 0 Å². The molecular weight excluding hydrogens is 252 g/mol. The highest BCUT2D eigenvalue weighted by molar-refractivity contribution is 5.99. The Bertz CT molecular complexity index is 763. The summed E-state index contributed by atoms with van der Waals surface area (Å²) in [6, 6.07) is 3.27. The van der Waals surface area contributed by atoms with Crippen molar-refractivity contribution in [1.82, 2.24) is 0 Å². The van der Waals surface area contributed by atoms with Crippen LogP contribution in [0.5, 0.6) is 17.2 Å². The Hall–Kier alpha value is -2.76. The normalized spacial score (nSPS) is 10.6. The maximum atomic E-state index is 11.6. The fourth-order valence-corrected chi connectivity index (χ4v) is 1.84. The molecule has 0 amide bonds. The number of carbonyl (C=O) groups is 1. The number of benzene rings is 1. The largest absolute Gasteiger partial charge is 0.504 e. The van der Waals surface area contributed by atoms with Crippen LogP contribution in [0.3, 0.4) is 0 Å². The number of carboxylic acid groups (broad SMARTS) is 1. The summed E-state index contributed by atoms with van der Waals surface area (Å²) in [5, 5.41) is 37.9. The highest BCUT2D eigenvalue weighted by Gasteiger charge is 2.16. The molecule has 0 spiro atoms. The van der Waals surface area contributed by atoms with E-state index in [1.54, 1.807) is 0 Å². The zero-order valence-corrected chi connectivity index (χ0v) is 9.84. The average molecular weight is 262 g/mol. The molecular formula is C13H10O6. The fraction of sp³-hybridized carbons (Fsp3) is 0.0769. The van der Waals surface area contributed by atoms with Gasteiger partial charge in [0.2, 0.25) is 5.43 Å². The second kappa shape index (κ2) is 4.16. The van der Waals surface area contributed by atoms with Gasteiger partial charge >= 0.3 is 5.97 Å². The lowest BCUT2D eigenvalue weighted by molar-refractivity contribution is 0.0697. The summed E-state index contributed by atoms with van der Waals surface area (Å²) >= 11 is 0. The molecule has 2 rings (SSSR count). The Labute approximate surface area is 106 Å². The average Bonchev–Trinajstić information content (AvgIpc) is 2.45. The van der Waals surface area contributed by atoms with Gasteiger partial charge in [0.05, 0.1) is 10.9 Å². The smallest absolute Gasteiger partial charge is 0.335 e. The monoisotopic (exact) mass is 262 g/mol. The molecule has 2 aromatic rings. The fourth-order valence-electron chi connectivity index (χ4n) is 1.84. The number of aromatic carboxylic acids is 1. The minimum Gasteiger partial charge on any atom is -0.504 e. The molecule has 19 heavy (non-hydrogen) atoms. The Morgan fingerprint density at radius 2 is 1.63 bits per heavy atom. The number of fused-ring (bicyclic) bond motifs is 1. The minimum absolute atomic E-state index is 0.143. The standard InChI is InChI=1S/C13H10O6/c1-5-2-6-3-7(13(18)19)4-8(14)11(16)9(6)12(17)10(5)15/h2-4,15,17H,1H3,(H,14,16)(H,18,19). The molecule has 2 aromatic carbocycles. The van der Waals surface area contributed by atoms with Gasteiger partial charge in [0, 0.05) is 6.07 Å². The molecule has 0 saturated carbocycles. The number of rotatable bonds is 1. The van der Waals surface area contributed by atoms with Crippen molar-refractivity contribution < 1.29 is 25.2 Å². The lowest BCUT2D eigenvalue weighted by Crippen LogP contribution is -2.00. The summed E-state index contributed by atoms with van der Waals surface area (Å²) in [6.45, 7) is 1.50. The first kappa shape index (κ1) is 12.7. The molecule has 0 aliphatic carbocycles.